The molecule has 1 heterocycles. The van der Waals surface area contributed by atoms with Crippen molar-refractivity contribution in [3.8, 4) is 11.5 Å². The first-order valence-electron chi connectivity index (χ1n) is 8.04. The number of benzene rings is 1. The molecule has 0 spiro atoms. The Labute approximate surface area is 129 Å². The fourth-order valence-electron chi connectivity index (χ4n) is 3.05. The van der Waals surface area contributed by atoms with Gasteiger partial charge < -0.3 is 14.8 Å². The van der Waals surface area contributed by atoms with Crippen LogP contribution in [-0.2, 0) is 5.41 Å². The summed E-state index contributed by atoms with van der Waals surface area (Å²) in [5, 5.41) is 3.58. The second-order valence-corrected chi connectivity index (χ2v) is 6.82. The summed E-state index contributed by atoms with van der Waals surface area (Å²) in [6.07, 6.45) is 2.42. The highest BCUT2D eigenvalue weighted by Crippen LogP contribution is 2.46. The van der Waals surface area contributed by atoms with E-state index in [9.17, 15) is 0 Å². The van der Waals surface area contributed by atoms with Crippen LogP contribution in [-0.4, -0.2) is 19.8 Å². The van der Waals surface area contributed by atoms with Gasteiger partial charge in [-0.3, -0.25) is 0 Å². The van der Waals surface area contributed by atoms with Gasteiger partial charge in [-0.05, 0) is 30.5 Å². The molecule has 0 amide bonds. The average Bonchev–Trinajstić information content (AvgIpc) is 2.75. The highest BCUT2D eigenvalue weighted by atomic mass is 16.5. The van der Waals surface area contributed by atoms with E-state index in [1.54, 1.807) is 7.11 Å². The number of methoxy groups -OCH3 is 1. The van der Waals surface area contributed by atoms with Gasteiger partial charge in [-0.25, -0.2) is 0 Å². The van der Waals surface area contributed by atoms with Gasteiger partial charge in [0.15, 0.2) is 0 Å². The molecule has 1 aliphatic heterocycles. The second kappa shape index (κ2) is 6.27. The Kier molecular flexibility index (Phi) is 4.82. The Balaban J connectivity index is 2.52. The molecule has 0 radical (unpaired) electrons. The van der Waals surface area contributed by atoms with Gasteiger partial charge in [0.2, 0.25) is 0 Å². The molecule has 0 aliphatic carbocycles. The maximum atomic E-state index is 6.35. The van der Waals surface area contributed by atoms with Crippen molar-refractivity contribution in [2.45, 2.75) is 65.0 Å². The van der Waals surface area contributed by atoms with Gasteiger partial charge >= 0.3 is 0 Å². The van der Waals surface area contributed by atoms with E-state index in [1.165, 1.54) is 11.1 Å². The van der Waals surface area contributed by atoms with Gasteiger partial charge in [0.05, 0.1) is 13.2 Å². The molecule has 1 aromatic rings. The first kappa shape index (κ1) is 16.2. The molecule has 1 aliphatic rings. The van der Waals surface area contributed by atoms with E-state index in [4.69, 9.17) is 9.47 Å². The zero-order chi connectivity index (χ0) is 15.6. The third kappa shape index (κ3) is 3.18. The summed E-state index contributed by atoms with van der Waals surface area (Å²) in [6, 6.07) is 4.52. The van der Waals surface area contributed by atoms with Crippen molar-refractivity contribution in [1.29, 1.82) is 0 Å². The van der Waals surface area contributed by atoms with E-state index in [2.05, 4.69) is 52.1 Å². The summed E-state index contributed by atoms with van der Waals surface area (Å²) in [5.74, 6) is 1.98. The van der Waals surface area contributed by atoms with Crippen LogP contribution in [0.1, 0.15) is 64.6 Å². The molecular weight excluding hydrogens is 262 g/mol. The van der Waals surface area contributed by atoms with Crippen LogP contribution in [0, 0.1) is 0 Å². The summed E-state index contributed by atoms with van der Waals surface area (Å²) in [5.41, 5.74) is 2.52. The van der Waals surface area contributed by atoms with E-state index in [1.807, 2.05) is 0 Å². The van der Waals surface area contributed by atoms with Crippen molar-refractivity contribution in [3.63, 3.8) is 0 Å². The lowest BCUT2D eigenvalue weighted by Gasteiger charge is -2.23. The molecule has 1 N–H and O–H groups in total. The van der Waals surface area contributed by atoms with Crippen LogP contribution in [0.3, 0.4) is 0 Å². The summed E-state index contributed by atoms with van der Waals surface area (Å²) >= 11 is 0. The van der Waals surface area contributed by atoms with E-state index in [0.29, 0.717) is 0 Å². The van der Waals surface area contributed by atoms with E-state index in [-0.39, 0.29) is 17.6 Å². The summed E-state index contributed by atoms with van der Waals surface area (Å²) < 4.78 is 11.9. The van der Waals surface area contributed by atoms with Crippen molar-refractivity contribution >= 4 is 0 Å². The highest BCUT2D eigenvalue weighted by Gasteiger charge is 2.37. The van der Waals surface area contributed by atoms with Crippen molar-refractivity contribution < 1.29 is 9.47 Å². The zero-order valence-electron chi connectivity index (χ0n) is 14.2. The largest absolute Gasteiger partial charge is 0.497 e. The normalized spacial score (nSPS) is 21.0. The van der Waals surface area contributed by atoms with Crippen LogP contribution in [0.25, 0.3) is 0 Å². The van der Waals surface area contributed by atoms with E-state index >= 15 is 0 Å². The SMILES string of the molecule is CCCC1Oc2c(cc(OC)cc2C(C)(C)C)C1NCC. The first-order valence-corrected chi connectivity index (χ1v) is 8.04. The third-order valence-corrected chi connectivity index (χ3v) is 4.11. The molecule has 3 nitrogen and oxygen atoms in total. The lowest BCUT2D eigenvalue weighted by molar-refractivity contribution is 0.176. The molecule has 0 aromatic heterocycles. The van der Waals surface area contributed by atoms with Crippen molar-refractivity contribution in [3.05, 3.63) is 23.3 Å². The fraction of sp³-hybridized carbons (Fsp3) is 0.667. The van der Waals surface area contributed by atoms with Crippen LogP contribution in [0.15, 0.2) is 12.1 Å². The lowest BCUT2D eigenvalue weighted by atomic mass is 9.84. The molecule has 3 heteroatoms. The third-order valence-electron chi connectivity index (χ3n) is 4.11. The molecule has 0 bridgehead atoms. The molecule has 2 unspecified atom stereocenters. The van der Waals surface area contributed by atoms with Gasteiger partial charge in [-0.2, -0.15) is 0 Å². The average molecular weight is 291 g/mol. The topological polar surface area (TPSA) is 30.5 Å². The monoisotopic (exact) mass is 291 g/mol. The van der Waals surface area contributed by atoms with Crippen molar-refractivity contribution in [1.82, 2.24) is 5.32 Å². The van der Waals surface area contributed by atoms with E-state index in [0.717, 1.165) is 30.9 Å². The van der Waals surface area contributed by atoms with Crippen LogP contribution >= 0.6 is 0 Å². The minimum atomic E-state index is 0.0382. The van der Waals surface area contributed by atoms with Crippen LogP contribution in [0.2, 0.25) is 0 Å². The summed E-state index contributed by atoms with van der Waals surface area (Å²) in [4.78, 5) is 0. The quantitative estimate of drug-likeness (QED) is 0.881. The number of fused-ring (bicyclic) bond motifs is 1. The van der Waals surface area contributed by atoms with Gasteiger partial charge in [0.25, 0.3) is 0 Å². The molecular formula is C18H29NO2. The Hall–Kier alpha value is -1.22. The second-order valence-electron chi connectivity index (χ2n) is 6.82. The maximum absolute atomic E-state index is 6.35. The predicted octanol–water partition coefficient (Wildman–Crippen LogP) is 4.20. The highest BCUT2D eigenvalue weighted by molar-refractivity contribution is 5.54. The van der Waals surface area contributed by atoms with Crippen molar-refractivity contribution in [2.75, 3.05) is 13.7 Å². The Morgan fingerprint density at radius 2 is 1.95 bits per heavy atom. The maximum Gasteiger partial charge on any atom is 0.128 e. The number of hydrogen-bond acceptors (Lipinski definition) is 3. The van der Waals surface area contributed by atoms with Crippen molar-refractivity contribution in [2.24, 2.45) is 0 Å². The van der Waals surface area contributed by atoms with E-state index < -0.39 is 0 Å². The molecule has 0 saturated heterocycles. The lowest BCUT2D eigenvalue weighted by Crippen LogP contribution is -2.30. The molecule has 21 heavy (non-hydrogen) atoms. The number of nitrogens with one attached hydrogen (secondary N) is 1. The minimum absolute atomic E-state index is 0.0382. The molecule has 0 saturated carbocycles. The standard InChI is InChI=1S/C18H29NO2/c1-7-9-15-16(19-8-2)13-10-12(20-6)11-14(17(13)21-15)18(3,4)5/h10-11,15-16,19H,7-9H2,1-6H3. The number of likely N-dealkylation sites (N-methyl/N-ethyl adjacent to an activating group) is 1. The van der Waals surface area contributed by atoms with Gasteiger partial charge in [0, 0.05) is 11.1 Å². The number of rotatable bonds is 5. The first-order chi connectivity index (χ1) is 9.92. The van der Waals surface area contributed by atoms with Gasteiger partial charge in [-0.1, -0.05) is 41.0 Å². The molecule has 0 fully saturated rings. The predicted molar refractivity (Wildman–Crippen MR) is 87.4 cm³/mol. The Morgan fingerprint density at radius 3 is 2.48 bits per heavy atom. The van der Waals surface area contributed by atoms with Gasteiger partial charge in [-0.15, -0.1) is 0 Å². The molecule has 2 rings (SSSR count). The van der Waals surface area contributed by atoms with Crippen LogP contribution in [0.4, 0.5) is 0 Å². The smallest absolute Gasteiger partial charge is 0.128 e. The fourth-order valence-corrected chi connectivity index (χ4v) is 3.05. The number of hydrogen-bond donors (Lipinski definition) is 1. The van der Waals surface area contributed by atoms with Crippen LogP contribution < -0.4 is 14.8 Å². The van der Waals surface area contributed by atoms with Crippen LogP contribution in [0.5, 0.6) is 11.5 Å². The Bertz CT molecular complexity index is 491. The molecule has 1 aromatic carbocycles. The molecule has 2 atom stereocenters. The molecule has 118 valence electrons. The Morgan fingerprint density at radius 1 is 1.24 bits per heavy atom. The summed E-state index contributed by atoms with van der Waals surface area (Å²) in [7, 11) is 1.73. The summed E-state index contributed by atoms with van der Waals surface area (Å²) in [6.45, 7) is 12.0. The zero-order valence-corrected chi connectivity index (χ0v) is 14.2. The number of ether oxygens (including phenoxy) is 2. The minimum Gasteiger partial charge on any atom is -0.497 e. The van der Waals surface area contributed by atoms with Gasteiger partial charge in [0.1, 0.15) is 17.6 Å².